The number of hydrogen-bond donors (Lipinski definition) is 2. The first-order valence-electron chi connectivity index (χ1n) is 11.0. The SMILES string of the molecule is CC(NC(=NCC(=O)N(C)C)NC1CC(C)N(Cc2ccccc2)C1)c1ccccc1.I. The van der Waals surface area contributed by atoms with E-state index in [0.717, 1.165) is 19.5 Å². The lowest BCUT2D eigenvalue weighted by atomic mass is 10.1. The number of carbonyl (C=O) groups is 1. The third-order valence-corrected chi connectivity index (χ3v) is 5.80. The van der Waals surface area contributed by atoms with Gasteiger partial charge >= 0.3 is 0 Å². The number of nitrogens with zero attached hydrogens (tertiary/aromatic N) is 3. The molecule has 2 aromatic rings. The molecule has 1 fully saturated rings. The van der Waals surface area contributed by atoms with Crippen LogP contribution in [0.3, 0.4) is 0 Å². The van der Waals surface area contributed by atoms with E-state index in [-0.39, 0.29) is 48.5 Å². The highest BCUT2D eigenvalue weighted by Gasteiger charge is 2.29. The van der Waals surface area contributed by atoms with E-state index >= 15 is 0 Å². The Bertz CT molecular complexity index is 859. The van der Waals surface area contributed by atoms with Gasteiger partial charge in [0, 0.05) is 39.3 Å². The normalized spacial score (nSPS) is 19.7. The highest BCUT2D eigenvalue weighted by molar-refractivity contribution is 14.0. The number of halogens is 1. The van der Waals surface area contributed by atoms with Gasteiger partial charge in [-0.3, -0.25) is 9.69 Å². The summed E-state index contributed by atoms with van der Waals surface area (Å²) in [6.45, 7) is 6.40. The third kappa shape index (κ3) is 7.78. The molecule has 0 bridgehead atoms. The lowest BCUT2D eigenvalue weighted by Gasteiger charge is -2.23. The summed E-state index contributed by atoms with van der Waals surface area (Å²) in [5.74, 6) is 0.671. The van der Waals surface area contributed by atoms with Crippen molar-refractivity contribution >= 4 is 35.8 Å². The van der Waals surface area contributed by atoms with Gasteiger partial charge < -0.3 is 15.5 Å². The molecule has 0 saturated carbocycles. The Balaban J connectivity index is 0.00000363. The van der Waals surface area contributed by atoms with Crippen LogP contribution in [0.2, 0.25) is 0 Å². The van der Waals surface area contributed by atoms with Gasteiger partial charge in [-0.25, -0.2) is 4.99 Å². The summed E-state index contributed by atoms with van der Waals surface area (Å²) in [6.07, 6.45) is 1.04. The molecule has 6 nitrogen and oxygen atoms in total. The van der Waals surface area contributed by atoms with Crippen LogP contribution in [-0.2, 0) is 11.3 Å². The Morgan fingerprint density at radius 3 is 2.38 bits per heavy atom. The first-order chi connectivity index (χ1) is 14.9. The van der Waals surface area contributed by atoms with E-state index in [2.05, 4.69) is 76.8 Å². The molecule has 3 unspecified atom stereocenters. The number of likely N-dealkylation sites (tertiary alicyclic amines) is 1. The molecule has 2 N–H and O–H groups in total. The smallest absolute Gasteiger partial charge is 0.243 e. The lowest BCUT2D eigenvalue weighted by Crippen LogP contribution is -2.46. The summed E-state index contributed by atoms with van der Waals surface area (Å²) < 4.78 is 0. The summed E-state index contributed by atoms with van der Waals surface area (Å²) in [7, 11) is 3.51. The van der Waals surface area contributed by atoms with Crippen molar-refractivity contribution in [3.8, 4) is 0 Å². The van der Waals surface area contributed by atoms with Crippen LogP contribution in [0.1, 0.15) is 37.4 Å². The predicted molar refractivity (Wildman–Crippen MR) is 142 cm³/mol. The standard InChI is InChI=1S/C25H35N5O.HI/c1-19-15-23(18-30(19)17-21-11-7-5-8-12-21)28-25(26-16-24(31)29(3)4)27-20(2)22-13-9-6-10-14-22;/h5-14,19-20,23H,15-18H2,1-4H3,(H2,26,27,28);1H. The fourth-order valence-corrected chi connectivity index (χ4v) is 3.89. The second-order valence-corrected chi connectivity index (χ2v) is 8.57. The summed E-state index contributed by atoms with van der Waals surface area (Å²) in [4.78, 5) is 20.8. The van der Waals surface area contributed by atoms with E-state index in [1.807, 2.05) is 18.2 Å². The Morgan fingerprint density at radius 2 is 1.75 bits per heavy atom. The van der Waals surface area contributed by atoms with Crippen molar-refractivity contribution in [2.45, 2.75) is 44.9 Å². The van der Waals surface area contributed by atoms with Crippen molar-refractivity contribution < 1.29 is 4.79 Å². The summed E-state index contributed by atoms with van der Waals surface area (Å²) >= 11 is 0. The van der Waals surface area contributed by atoms with E-state index in [0.29, 0.717) is 12.0 Å². The number of carbonyl (C=O) groups excluding carboxylic acids is 1. The van der Waals surface area contributed by atoms with Crippen LogP contribution in [0.15, 0.2) is 65.7 Å². The maximum atomic E-state index is 12.1. The lowest BCUT2D eigenvalue weighted by molar-refractivity contribution is -0.127. The summed E-state index contributed by atoms with van der Waals surface area (Å²) in [5, 5.41) is 7.07. The van der Waals surface area contributed by atoms with E-state index in [1.54, 1.807) is 19.0 Å². The van der Waals surface area contributed by atoms with Crippen molar-refractivity contribution in [1.82, 2.24) is 20.4 Å². The quantitative estimate of drug-likeness (QED) is 0.315. The molecule has 1 heterocycles. The van der Waals surface area contributed by atoms with Crippen LogP contribution in [-0.4, -0.2) is 60.9 Å². The van der Waals surface area contributed by atoms with Gasteiger partial charge in [-0.1, -0.05) is 60.7 Å². The average Bonchev–Trinajstić information content (AvgIpc) is 3.11. The second kappa shape index (κ2) is 12.8. The van der Waals surface area contributed by atoms with E-state index in [4.69, 9.17) is 0 Å². The molecular formula is C25H36IN5O. The molecular weight excluding hydrogens is 513 g/mol. The molecule has 0 radical (unpaired) electrons. The number of aliphatic imine (C=N–C) groups is 1. The molecule has 1 saturated heterocycles. The molecule has 0 aliphatic carbocycles. The molecule has 1 amide bonds. The Kier molecular flexibility index (Phi) is 10.4. The number of nitrogens with one attached hydrogen (secondary N) is 2. The van der Waals surface area contributed by atoms with Gasteiger partial charge in [0.2, 0.25) is 5.91 Å². The fourth-order valence-electron chi connectivity index (χ4n) is 3.89. The molecule has 174 valence electrons. The Hall–Kier alpha value is -2.13. The third-order valence-electron chi connectivity index (χ3n) is 5.80. The zero-order valence-electron chi connectivity index (χ0n) is 19.5. The number of amides is 1. The molecule has 0 spiro atoms. The number of likely N-dealkylation sites (N-methyl/N-ethyl adjacent to an activating group) is 1. The topological polar surface area (TPSA) is 60.0 Å². The monoisotopic (exact) mass is 549 g/mol. The highest BCUT2D eigenvalue weighted by atomic mass is 127. The maximum Gasteiger partial charge on any atom is 0.243 e. The Morgan fingerprint density at radius 1 is 1.12 bits per heavy atom. The van der Waals surface area contributed by atoms with Crippen molar-refractivity contribution in [3.05, 3.63) is 71.8 Å². The van der Waals surface area contributed by atoms with Crippen molar-refractivity contribution in [2.75, 3.05) is 27.2 Å². The molecule has 2 aromatic carbocycles. The van der Waals surface area contributed by atoms with Gasteiger partial charge in [0.1, 0.15) is 6.54 Å². The van der Waals surface area contributed by atoms with Crippen molar-refractivity contribution in [3.63, 3.8) is 0 Å². The van der Waals surface area contributed by atoms with Crippen molar-refractivity contribution in [2.24, 2.45) is 4.99 Å². The van der Waals surface area contributed by atoms with E-state index in [1.165, 1.54) is 11.1 Å². The summed E-state index contributed by atoms with van der Waals surface area (Å²) in [5.41, 5.74) is 2.51. The average molecular weight is 550 g/mol. The molecule has 7 heteroatoms. The van der Waals surface area contributed by atoms with Crippen LogP contribution in [0.4, 0.5) is 0 Å². The van der Waals surface area contributed by atoms with Crippen LogP contribution in [0, 0.1) is 0 Å². The minimum atomic E-state index is -0.0149. The number of hydrogen-bond acceptors (Lipinski definition) is 3. The van der Waals surface area contributed by atoms with Gasteiger partial charge in [-0.05, 0) is 31.4 Å². The van der Waals surface area contributed by atoms with Gasteiger partial charge in [-0.2, -0.15) is 0 Å². The highest BCUT2D eigenvalue weighted by Crippen LogP contribution is 2.20. The molecule has 32 heavy (non-hydrogen) atoms. The van der Waals surface area contributed by atoms with Crippen LogP contribution in [0.5, 0.6) is 0 Å². The van der Waals surface area contributed by atoms with Gasteiger partial charge in [-0.15, -0.1) is 24.0 Å². The van der Waals surface area contributed by atoms with Gasteiger partial charge in [0.15, 0.2) is 5.96 Å². The van der Waals surface area contributed by atoms with E-state index in [9.17, 15) is 4.79 Å². The molecule has 3 rings (SSSR count). The minimum absolute atomic E-state index is 0. The van der Waals surface area contributed by atoms with E-state index < -0.39 is 0 Å². The molecule has 3 atom stereocenters. The number of rotatable bonds is 7. The first-order valence-corrected chi connectivity index (χ1v) is 11.0. The largest absolute Gasteiger partial charge is 0.352 e. The van der Waals surface area contributed by atoms with Gasteiger partial charge in [0.25, 0.3) is 0 Å². The fraction of sp³-hybridized carbons (Fsp3) is 0.440. The second-order valence-electron chi connectivity index (χ2n) is 8.57. The zero-order chi connectivity index (χ0) is 22.2. The Labute approximate surface area is 209 Å². The number of guanidine groups is 1. The van der Waals surface area contributed by atoms with Crippen LogP contribution < -0.4 is 10.6 Å². The van der Waals surface area contributed by atoms with Crippen molar-refractivity contribution in [1.29, 1.82) is 0 Å². The van der Waals surface area contributed by atoms with Crippen LogP contribution in [0.25, 0.3) is 0 Å². The van der Waals surface area contributed by atoms with Crippen LogP contribution >= 0.6 is 24.0 Å². The predicted octanol–water partition coefficient (Wildman–Crippen LogP) is 3.65. The summed E-state index contributed by atoms with van der Waals surface area (Å²) in [6, 6.07) is 21.7. The molecule has 1 aliphatic heterocycles. The zero-order valence-corrected chi connectivity index (χ0v) is 21.8. The first kappa shape index (κ1) is 26.1. The molecule has 0 aromatic heterocycles. The minimum Gasteiger partial charge on any atom is -0.352 e. The molecule has 1 aliphatic rings. The number of benzene rings is 2. The van der Waals surface area contributed by atoms with Gasteiger partial charge in [0.05, 0.1) is 6.04 Å². The maximum absolute atomic E-state index is 12.1.